The highest BCUT2D eigenvalue weighted by Crippen LogP contribution is 2.43. The number of amides is 1. The van der Waals surface area contributed by atoms with E-state index in [4.69, 9.17) is 9.31 Å². The van der Waals surface area contributed by atoms with E-state index in [0.717, 1.165) is 23.3 Å². The number of carbonyl (C=O) groups excluding carboxylic acids is 1. The summed E-state index contributed by atoms with van der Waals surface area (Å²) < 4.78 is 12.4. The lowest BCUT2D eigenvalue weighted by Crippen LogP contribution is -2.41. The zero-order valence-corrected chi connectivity index (χ0v) is 16.9. The first-order valence-electron chi connectivity index (χ1n) is 9.85. The van der Waals surface area contributed by atoms with Gasteiger partial charge in [0.05, 0.1) is 16.6 Å². The van der Waals surface area contributed by atoms with Crippen LogP contribution in [0.5, 0.6) is 0 Å². The molecule has 1 aromatic rings. The number of hydrogen-bond acceptors (Lipinski definition) is 3. The molecule has 1 saturated carbocycles. The highest BCUT2D eigenvalue weighted by atomic mass is 16.7. The Morgan fingerprint density at radius 3 is 2.23 bits per heavy atom. The van der Waals surface area contributed by atoms with Gasteiger partial charge in [0, 0.05) is 12.2 Å². The second kappa shape index (κ2) is 5.59. The lowest BCUT2D eigenvalue weighted by Gasteiger charge is -2.32. The van der Waals surface area contributed by atoms with Crippen LogP contribution in [0.2, 0.25) is 0 Å². The fourth-order valence-corrected chi connectivity index (χ4v) is 4.10. The van der Waals surface area contributed by atoms with Crippen molar-refractivity contribution >= 4 is 24.2 Å². The molecule has 4 nitrogen and oxygen atoms in total. The average molecular weight is 355 g/mol. The van der Waals surface area contributed by atoms with Crippen molar-refractivity contribution in [3.8, 4) is 0 Å². The van der Waals surface area contributed by atoms with Gasteiger partial charge < -0.3 is 14.2 Å². The van der Waals surface area contributed by atoms with E-state index in [1.807, 2.05) is 18.7 Å². The molecule has 4 rings (SSSR count). The van der Waals surface area contributed by atoms with E-state index in [1.165, 1.54) is 19.3 Å². The summed E-state index contributed by atoms with van der Waals surface area (Å²) in [5.74, 6) is 0.853. The minimum atomic E-state index is -0.465. The first-order valence-corrected chi connectivity index (χ1v) is 9.85. The molecule has 0 bridgehead atoms. The molecule has 2 heterocycles. The first kappa shape index (κ1) is 18.1. The van der Waals surface area contributed by atoms with Crippen LogP contribution in [0.15, 0.2) is 18.2 Å². The molecule has 2 fully saturated rings. The van der Waals surface area contributed by atoms with Crippen molar-refractivity contribution in [2.24, 2.45) is 5.92 Å². The summed E-state index contributed by atoms with van der Waals surface area (Å²) in [5.41, 5.74) is 1.95. The van der Waals surface area contributed by atoms with Crippen LogP contribution in [-0.2, 0) is 19.5 Å². The Bertz CT molecular complexity index is 736. The maximum absolute atomic E-state index is 13.1. The van der Waals surface area contributed by atoms with Crippen molar-refractivity contribution in [3.63, 3.8) is 0 Å². The number of nitrogens with zero attached hydrogens (tertiary/aromatic N) is 1. The maximum atomic E-state index is 13.1. The molecule has 140 valence electrons. The highest BCUT2D eigenvalue weighted by Gasteiger charge is 2.52. The molecule has 3 aliphatic rings. The van der Waals surface area contributed by atoms with Crippen molar-refractivity contribution < 1.29 is 14.1 Å². The van der Waals surface area contributed by atoms with Gasteiger partial charge in [-0.3, -0.25) is 4.79 Å². The second-order valence-corrected chi connectivity index (χ2v) is 9.70. The molecule has 2 aliphatic heterocycles. The highest BCUT2D eigenvalue weighted by molar-refractivity contribution is 6.62. The Kier molecular flexibility index (Phi) is 3.88. The van der Waals surface area contributed by atoms with Crippen LogP contribution in [0.1, 0.15) is 66.4 Å². The number of rotatable bonds is 3. The summed E-state index contributed by atoms with van der Waals surface area (Å²) in [5, 5.41) is 0. The number of fused-ring (bicyclic) bond motifs is 1. The Labute approximate surface area is 157 Å². The van der Waals surface area contributed by atoms with Crippen LogP contribution in [0, 0.1) is 5.92 Å². The maximum Gasteiger partial charge on any atom is 0.494 e. The smallest absolute Gasteiger partial charge is 0.399 e. The summed E-state index contributed by atoms with van der Waals surface area (Å²) in [6.45, 7) is 13.2. The molecule has 1 aromatic carbocycles. The molecule has 1 saturated heterocycles. The molecule has 1 amide bonds. The molecule has 0 N–H and O–H groups in total. The van der Waals surface area contributed by atoms with E-state index < -0.39 is 12.5 Å². The van der Waals surface area contributed by atoms with Gasteiger partial charge in [-0.1, -0.05) is 18.6 Å². The zero-order valence-electron chi connectivity index (χ0n) is 16.9. The summed E-state index contributed by atoms with van der Waals surface area (Å²) >= 11 is 0. The minimum absolute atomic E-state index is 0.213. The number of carbonyl (C=O) groups is 1. The lowest BCUT2D eigenvalue weighted by molar-refractivity contribution is -0.122. The van der Waals surface area contributed by atoms with Crippen molar-refractivity contribution in [1.82, 2.24) is 0 Å². The number of anilines is 1. The lowest BCUT2D eigenvalue weighted by atomic mass is 9.77. The van der Waals surface area contributed by atoms with Crippen molar-refractivity contribution in [3.05, 3.63) is 23.8 Å². The number of hydrogen-bond donors (Lipinski definition) is 0. The molecule has 26 heavy (non-hydrogen) atoms. The average Bonchev–Trinajstić information content (AvgIpc) is 2.83. The normalized spacial score (nSPS) is 26.2. The fourth-order valence-electron chi connectivity index (χ4n) is 4.10. The molecule has 0 aromatic heterocycles. The van der Waals surface area contributed by atoms with E-state index in [-0.39, 0.29) is 17.1 Å². The summed E-state index contributed by atoms with van der Waals surface area (Å²) in [6, 6.07) is 6.26. The predicted octanol–water partition coefficient (Wildman–Crippen LogP) is 3.41. The van der Waals surface area contributed by atoms with Crippen molar-refractivity contribution in [2.45, 2.75) is 77.4 Å². The van der Waals surface area contributed by atoms with Crippen molar-refractivity contribution in [2.75, 3.05) is 11.4 Å². The van der Waals surface area contributed by atoms with Crippen LogP contribution in [0.4, 0.5) is 5.69 Å². The molecular weight excluding hydrogens is 325 g/mol. The standard InChI is InChI=1S/C21H30BNO3/c1-19(2)16-11-10-15(22-25-20(3,4)21(5,6)26-22)12-17(16)23(18(19)24)13-14-8-7-9-14/h10-12,14H,7-9,13H2,1-6H3. The van der Waals surface area contributed by atoms with Gasteiger partial charge >= 0.3 is 7.12 Å². The Balaban J connectivity index is 1.68. The zero-order chi connectivity index (χ0) is 18.9. The van der Waals surface area contributed by atoms with Crippen LogP contribution in [-0.4, -0.2) is 30.8 Å². The van der Waals surface area contributed by atoms with Gasteiger partial charge in [0.1, 0.15) is 0 Å². The molecule has 0 atom stereocenters. The summed E-state index contributed by atoms with van der Waals surface area (Å²) in [7, 11) is -0.394. The predicted molar refractivity (Wildman–Crippen MR) is 105 cm³/mol. The first-order chi connectivity index (χ1) is 12.0. The molecule has 0 radical (unpaired) electrons. The van der Waals surface area contributed by atoms with Gasteiger partial charge in [-0.25, -0.2) is 0 Å². The van der Waals surface area contributed by atoms with E-state index in [1.54, 1.807) is 0 Å². The third-order valence-corrected chi connectivity index (χ3v) is 6.96. The Morgan fingerprint density at radius 1 is 1.08 bits per heavy atom. The summed E-state index contributed by atoms with van der Waals surface area (Å²) in [6.07, 6.45) is 3.75. The van der Waals surface area contributed by atoms with Crippen LogP contribution in [0.25, 0.3) is 0 Å². The SMILES string of the molecule is CC1(C)C(=O)N(CC2CCC2)c2cc(B3OC(C)(C)C(C)(C)O3)ccc21. The molecule has 0 spiro atoms. The van der Waals surface area contributed by atoms with Crippen LogP contribution in [0.3, 0.4) is 0 Å². The summed E-state index contributed by atoms with van der Waals surface area (Å²) in [4.78, 5) is 15.1. The van der Waals surface area contributed by atoms with E-state index in [0.29, 0.717) is 5.92 Å². The third kappa shape index (κ3) is 2.55. The second-order valence-electron chi connectivity index (χ2n) is 9.70. The molecular formula is C21H30BNO3. The largest absolute Gasteiger partial charge is 0.494 e. The third-order valence-electron chi connectivity index (χ3n) is 6.96. The molecule has 1 aliphatic carbocycles. The quantitative estimate of drug-likeness (QED) is 0.780. The monoisotopic (exact) mass is 355 g/mol. The van der Waals surface area contributed by atoms with Gasteiger partial charge in [0.15, 0.2) is 0 Å². The fraction of sp³-hybridized carbons (Fsp3) is 0.667. The van der Waals surface area contributed by atoms with E-state index in [9.17, 15) is 4.79 Å². The van der Waals surface area contributed by atoms with Gasteiger partial charge in [-0.2, -0.15) is 0 Å². The van der Waals surface area contributed by atoms with Gasteiger partial charge in [-0.15, -0.1) is 0 Å². The molecule has 0 unspecified atom stereocenters. The van der Waals surface area contributed by atoms with Gasteiger partial charge in [0.2, 0.25) is 5.91 Å². The number of benzene rings is 1. The van der Waals surface area contributed by atoms with Crippen LogP contribution >= 0.6 is 0 Å². The van der Waals surface area contributed by atoms with Gasteiger partial charge in [-0.05, 0) is 77.4 Å². The van der Waals surface area contributed by atoms with E-state index in [2.05, 4.69) is 45.9 Å². The minimum Gasteiger partial charge on any atom is -0.399 e. The Morgan fingerprint density at radius 2 is 1.69 bits per heavy atom. The Hall–Kier alpha value is -1.33. The van der Waals surface area contributed by atoms with E-state index >= 15 is 0 Å². The van der Waals surface area contributed by atoms with Crippen molar-refractivity contribution in [1.29, 1.82) is 0 Å². The molecule has 5 heteroatoms. The topological polar surface area (TPSA) is 38.8 Å². The van der Waals surface area contributed by atoms with Crippen LogP contribution < -0.4 is 10.4 Å². The van der Waals surface area contributed by atoms with Gasteiger partial charge in [0.25, 0.3) is 0 Å².